The number of piperazine rings is 1. The molecule has 2 aromatic rings. The number of carboxylic acid groups (broad SMARTS) is 1. The second-order valence-electron chi connectivity index (χ2n) is 5.59. The summed E-state index contributed by atoms with van der Waals surface area (Å²) in [6, 6.07) is 6.07. The fraction of sp³-hybridized carbons (Fsp3) is 0.235. The highest BCUT2D eigenvalue weighted by molar-refractivity contribution is 5.95. The molecule has 0 atom stereocenters. The van der Waals surface area contributed by atoms with Crippen LogP contribution < -0.4 is 4.90 Å². The van der Waals surface area contributed by atoms with Crippen molar-refractivity contribution in [2.24, 2.45) is 0 Å². The summed E-state index contributed by atoms with van der Waals surface area (Å²) in [6.45, 7) is 1.44. The molecule has 0 unspecified atom stereocenters. The van der Waals surface area contributed by atoms with Crippen molar-refractivity contribution in [1.29, 1.82) is 0 Å². The summed E-state index contributed by atoms with van der Waals surface area (Å²) in [5, 5.41) is 9.24. The number of carboxylic acids is 1. The minimum absolute atomic E-state index is 0.0800. The summed E-state index contributed by atoms with van der Waals surface area (Å²) in [6.07, 6.45) is 1.51. The zero-order valence-electron chi connectivity index (χ0n) is 13.2. The van der Waals surface area contributed by atoms with Crippen LogP contribution in [0.3, 0.4) is 0 Å². The molecule has 130 valence electrons. The van der Waals surface area contributed by atoms with Crippen LogP contribution in [0.15, 0.2) is 36.5 Å². The van der Waals surface area contributed by atoms with Gasteiger partial charge in [-0.15, -0.1) is 0 Å². The van der Waals surface area contributed by atoms with Crippen LogP contribution in [0.4, 0.5) is 14.6 Å². The van der Waals surface area contributed by atoms with E-state index in [1.807, 2.05) is 0 Å². The Balaban J connectivity index is 1.71. The first-order valence-electron chi connectivity index (χ1n) is 7.65. The van der Waals surface area contributed by atoms with Crippen LogP contribution in [0, 0.1) is 11.6 Å². The van der Waals surface area contributed by atoms with E-state index in [2.05, 4.69) is 4.98 Å². The Morgan fingerprint density at radius 1 is 1.04 bits per heavy atom. The van der Waals surface area contributed by atoms with Gasteiger partial charge >= 0.3 is 5.97 Å². The summed E-state index contributed by atoms with van der Waals surface area (Å²) < 4.78 is 26.3. The lowest BCUT2D eigenvalue weighted by Gasteiger charge is -2.35. The average molecular weight is 347 g/mol. The molecule has 6 nitrogen and oxygen atoms in total. The van der Waals surface area contributed by atoms with Crippen LogP contribution in [-0.4, -0.2) is 53.0 Å². The van der Waals surface area contributed by atoms with Crippen molar-refractivity contribution < 1.29 is 23.5 Å². The molecule has 1 aliphatic rings. The van der Waals surface area contributed by atoms with E-state index in [1.54, 1.807) is 11.0 Å². The standard InChI is InChI=1S/C17H15F2N3O3/c18-13-4-3-11(10-14(13)19)16(23)22-8-6-21(7-9-22)15-12(17(24)25)2-1-5-20-15/h1-5,10H,6-9H2,(H,24,25). The molecule has 0 spiro atoms. The molecular formula is C17H15F2N3O3. The summed E-state index contributed by atoms with van der Waals surface area (Å²) in [5.74, 6) is -3.17. The van der Waals surface area contributed by atoms with Gasteiger partial charge in [0.1, 0.15) is 11.4 Å². The fourth-order valence-corrected chi connectivity index (χ4v) is 2.75. The van der Waals surface area contributed by atoms with Gasteiger partial charge in [0.15, 0.2) is 11.6 Å². The Morgan fingerprint density at radius 3 is 2.40 bits per heavy atom. The number of anilines is 1. The maximum absolute atomic E-state index is 13.3. The Labute approximate surface area is 142 Å². The van der Waals surface area contributed by atoms with Crippen LogP contribution >= 0.6 is 0 Å². The largest absolute Gasteiger partial charge is 0.478 e. The number of aromatic carboxylic acids is 1. The molecule has 25 heavy (non-hydrogen) atoms. The molecule has 1 N–H and O–H groups in total. The van der Waals surface area contributed by atoms with Crippen LogP contribution in [0.2, 0.25) is 0 Å². The molecule has 1 aromatic heterocycles. The number of pyridine rings is 1. The van der Waals surface area contributed by atoms with Crippen LogP contribution in [-0.2, 0) is 0 Å². The minimum atomic E-state index is -1.07. The van der Waals surface area contributed by atoms with Gasteiger partial charge in [-0.05, 0) is 30.3 Å². The molecular weight excluding hydrogens is 332 g/mol. The number of hydrogen-bond donors (Lipinski definition) is 1. The van der Waals surface area contributed by atoms with Crippen molar-refractivity contribution in [3.8, 4) is 0 Å². The zero-order valence-corrected chi connectivity index (χ0v) is 13.2. The highest BCUT2D eigenvalue weighted by Crippen LogP contribution is 2.20. The molecule has 0 bridgehead atoms. The van der Waals surface area contributed by atoms with Gasteiger partial charge in [0.05, 0.1) is 0 Å². The summed E-state index contributed by atoms with van der Waals surface area (Å²) in [5.41, 5.74) is 0.180. The maximum atomic E-state index is 13.3. The third-order valence-corrected chi connectivity index (χ3v) is 4.05. The molecule has 8 heteroatoms. The SMILES string of the molecule is O=C(O)c1cccnc1N1CCN(C(=O)c2ccc(F)c(F)c2)CC1. The normalized spacial score (nSPS) is 14.5. The summed E-state index contributed by atoms with van der Waals surface area (Å²) in [4.78, 5) is 31.1. The highest BCUT2D eigenvalue weighted by atomic mass is 19.2. The number of hydrogen-bond acceptors (Lipinski definition) is 4. The number of aromatic nitrogens is 1. The first-order valence-corrected chi connectivity index (χ1v) is 7.65. The third kappa shape index (κ3) is 3.42. The van der Waals surface area contributed by atoms with Crippen molar-refractivity contribution in [3.05, 3.63) is 59.3 Å². The summed E-state index contributed by atoms with van der Waals surface area (Å²) >= 11 is 0. The van der Waals surface area contributed by atoms with E-state index in [0.29, 0.717) is 32.0 Å². The number of amides is 1. The van der Waals surface area contributed by atoms with Crippen molar-refractivity contribution >= 4 is 17.7 Å². The Bertz CT molecular complexity index is 821. The molecule has 0 saturated carbocycles. The van der Waals surface area contributed by atoms with Gasteiger partial charge < -0.3 is 14.9 Å². The van der Waals surface area contributed by atoms with E-state index >= 15 is 0 Å². The minimum Gasteiger partial charge on any atom is -0.478 e. The molecule has 0 aliphatic carbocycles. The molecule has 1 amide bonds. The topological polar surface area (TPSA) is 73.7 Å². The van der Waals surface area contributed by atoms with Gasteiger partial charge in [-0.1, -0.05) is 0 Å². The quantitative estimate of drug-likeness (QED) is 0.920. The molecule has 1 saturated heterocycles. The zero-order chi connectivity index (χ0) is 18.0. The number of carbonyl (C=O) groups excluding carboxylic acids is 1. The van der Waals surface area contributed by atoms with Crippen molar-refractivity contribution in [3.63, 3.8) is 0 Å². The van der Waals surface area contributed by atoms with Crippen LogP contribution in [0.25, 0.3) is 0 Å². The van der Waals surface area contributed by atoms with Crippen molar-refractivity contribution in [2.75, 3.05) is 31.1 Å². The Kier molecular flexibility index (Phi) is 4.60. The van der Waals surface area contributed by atoms with Gasteiger partial charge in [0.2, 0.25) is 0 Å². The number of rotatable bonds is 3. The van der Waals surface area contributed by atoms with Gasteiger partial charge in [-0.2, -0.15) is 0 Å². The molecule has 3 rings (SSSR count). The lowest BCUT2D eigenvalue weighted by Crippen LogP contribution is -2.49. The molecule has 1 aromatic carbocycles. The summed E-state index contributed by atoms with van der Waals surface area (Å²) in [7, 11) is 0. The average Bonchev–Trinajstić information content (AvgIpc) is 2.63. The predicted octanol–water partition coefficient (Wildman–Crippen LogP) is 2.02. The van der Waals surface area contributed by atoms with Crippen LogP contribution in [0.5, 0.6) is 0 Å². The second-order valence-corrected chi connectivity index (χ2v) is 5.59. The van der Waals surface area contributed by atoms with E-state index < -0.39 is 23.5 Å². The van der Waals surface area contributed by atoms with E-state index in [0.717, 1.165) is 12.1 Å². The maximum Gasteiger partial charge on any atom is 0.339 e. The second kappa shape index (κ2) is 6.84. The van der Waals surface area contributed by atoms with Crippen molar-refractivity contribution in [2.45, 2.75) is 0 Å². The van der Waals surface area contributed by atoms with Crippen LogP contribution in [0.1, 0.15) is 20.7 Å². The first-order chi connectivity index (χ1) is 12.0. The van der Waals surface area contributed by atoms with Gasteiger partial charge in [0.25, 0.3) is 5.91 Å². The number of nitrogens with zero attached hydrogens (tertiary/aromatic N) is 3. The number of halogens is 2. The fourth-order valence-electron chi connectivity index (χ4n) is 2.75. The van der Waals surface area contributed by atoms with Gasteiger partial charge in [0, 0.05) is 37.9 Å². The highest BCUT2D eigenvalue weighted by Gasteiger charge is 2.25. The van der Waals surface area contributed by atoms with Gasteiger partial charge in [-0.25, -0.2) is 18.6 Å². The molecule has 1 aliphatic heterocycles. The number of benzene rings is 1. The van der Waals surface area contributed by atoms with Gasteiger partial charge in [-0.3, -0.25) is 4.79 Å². The first kappa shape index (κ1) is 16.8. The lowest BCUT2D eigenvalue weighted by molar-refractivity contribution is 0.0692. The third-order valence-electron chi connectivity index (χ3n) is 4.05. The Hall–Kier alpha value is -3.03. The van der Waals surface area contributed by atoms with Crippen molar-refractivity contribution in [1.82, 2.24) is 9.88 Å². The monoisotopic (exact) mass is 347 g/mol. The van der Waals surface area contributed by atoms with E-state index in [1.165, 1.54) is 23.2 Å². The molecule has 0 radical (unpaired) electrons. The molecule has 2 heterocycles. The Morgan fingerprint density at radius 2 is 1.76 bits per heavy atom. The molecule has 1 fully saturated rings. The lowest BCUT2D eigenvalue weighted by atomic mass is 10.1. The van der Waals surface area contributed by atoms with E-state index in [9.17, 15) is 23.5 Å². The van der Waals surface area contributed by atoms with E-state index in [-0.39, 0.29) is 11.1 Å². The number of carbonyl (C=O) groups is 2. The predicted molar refractivity (Wildman–Crippen MR) is 85.7 cm³/mol. The van der Waals surface area contributed by atoms with E-state index in [4.69, 9.17) is 0 Å². The smallest absolute Gasteiger partial charge is 0.339 e.